The molecule has 0 spiro atoms. The maximum Gasteiger partial charge on any atom is 0.403 e. The monoisotopic (exact) mass is 337 g/mol. The van der Waals surface area contributed by atoms with E-state index in [9.17, 15) is 13.2 Å². The number of rotatable bonds is 6. The number of anilines is 1. The lowest BCUT2D eigenvalue weighted by molar-refractivity contribution is -0.163. The highest BCUT2D eigenvalue weighted by Crippen LogP contribution is 2.32. The lowest BCUT2D eigenvalue weighted by Crippen LogP contribution is -2.41. The zero-order valence-corrected chi connectivity index (χ0v) is 12.3. The Labute approximate surface area is 127 Å². The van der Waals surface area contributed by atoms with Gasteiger partial charge in [0, 0.05) is 0 Å². The van der Waals surface area contributed by atoms with Crippen LogP contribution in [0.25, 0.3) is 11.2 Å². The van der Waals surface area contributed by atoms with E-state index in [0.717, 1.165) is 0 Å². The van der Waals surface area contributed by atoms with E-state index in [1.807, 2.05) is 0 Å². The predicted octanol–water partition coefficient (Wildman–Crippen LogP) is 1.04. The van der Waals surface area contributed by atoms with Gasteiger partial charge < -0.3 is 15.6 Å². The van der Waals surface area contributed by atoms with Crippen molar-refractivity contribution in [3.05, 3.63) is 12.7 Å². The number of imidazole rings is 1. The third kappa shape index (κ3) is 3.42. The van der Waals surface area contributed by atoms with Crippen molar-refractivity contribution in [1.29, 1.82) is 0 Å². The first kappa shape index (κ1) is 16.8. The molecule has 0 bridgehead atoms. The molecular weight excluding hydrogens is 323 g/mol. The first-order chi connectivity index (χ1) is 10.4. The average Bonchev–Trinajstić information content (AvgIpc) is 2.86. The van der Waals surface area contributed by atoms with E-state index in [2.05, 4.69) is 15.0 Å². The molecule has 2 rings (SSSR count). The second kappa shape index (κ2) is 6.67. The third-order valence-electron chi connectivity index (χ3n) is 2.95. The quantitative estimate of drug-likeness (QED) is 0.812. The van der Waals surface area contributed by atoms with Crippen molar-refractivity contribution in [1.82, 2.24) is 19.5 Å². The van der Waals surface area contributed by atoms with Crippen LogP contribution < -0.4 is 5.73 Å². The van der Waals surface area contributed by atoms with E-state index in [0.29, 0.717) is 22.9 Å². The van der Waals surface area contributed by atoms with Gasteiger partial charge in [0.25, 0.3) is 0 Å². The molecular formula is C11H14F3N5O2S. The van der Waals surface area contributed by atoms with Crippen LogP contribution in [0.2, 0.25) is 0 Å². The van der Waals surface area contributed by atoms with Crippen LogP contribution in [0, 0.1) is 0 Å². The predicted molar refractivity (Wildman–Crippen MR) is 75.1 cm³/mol. The molecule has 3 N–H and O–H groups in total. The van der Waals surface area contributed by atoms with Gasteiger partial charge in [-0.3, -0.25) is 4.57 Å². The summed E-state index contributed by atoms with van der Waals surface area (Å²) in [6.07, 6.45) is -2.00. The highest BCUT2D eigenvalue weighted by Gasteiger charge is 2.44. The van der Waals surface area contributed by atoms with E-state index in [1.165, 1.54) is 23.5 Å². The zero-order chi connectivity index (χ0) is 16.3. The number of aliphatic hydroxyl groups excluding tert-OH is 1. The Hall–Kier alpha value is -1.59. The molecule has 0 saturated carbocycles. The van der Waals surface area contributed by atoms with Crippen molar-refractivity contribution in [2.24, 2.45) is 0 Å². The topological polar surface area (TPSA) is 99.1 Å². The summed E-state index contributed by atoms with van der Waals surface area (Å²) in [4.78, 5) is 11.7. The molecule has 0 radical (unpaired) electrons. The van der Waals surface area contributed by atoms with E-state index in [-0.39, 0.29) is 12.5 Å². The minimum Gasteiger partial charge on any atom is -0.394 e. The van der Waals surface area contributed by atoms with Crippen molar-refractivity contribution in [3.8, 4) is 0 Å². The molecule has 2 heterocycles. The first-order valence-corrected chi connectivity index (χ1v) is 7.40. The Bertz CT molecular complexity index is 636. The number of hydrogen-bond donors (Lipinski definition) is 2. The SMILES string of the molecule is CSC(C(CO)OCn1cnc2c(N)ncnc21)C(F)(F)F. The fraction of sp³-hybridized carbons (Fsp3) is 0.545. The number of ether oxygens (including phenoxy) is 1. The van der Waals surface area contributed by atoms with Crippen LogP contribution in [-0.4, -0.2) is 55.0 Å². The molecule has 2 atom stereocenters. The van der Waals surface area contributed by atoms with Crippen LogP contribution in [0.4, 0.5) is 19.0 Å². The van der Waals surface area contributed by atoms with Crippen LogP contribution in [0.3, 0.4) is 0 Å². The van der Waals surface area contributed by atoms with Gasteiger partial charge in [0.05, 0.1) is 12.9 Å². The minimum absolute atomic E-state index is 0.166. The Kier molecular flexibility index (Phi) is 5.08. The summed E-state index contributed by atoms with van der Waals surface area (Å²) in [5, 5.41) is 7.34. The Morgan fingerprint density at radius 1 is 1.41 bits per heavy atom. The van der Waals surface area contributed by atoms with Gasteiger partial charge in [0.1, 0.15) is 29.9 Å². The lowest BCUT2D eigenvalue weighted by Gasteiger charge is -2.26. The molecule has 0 fully saturated rings. The zero-order valence-electron chi connectivity index (χ0n) is 11.5. The van der Waals surface area contributed by atoms with E-state index in [1.54, 1.807) is 0 Å². The van der Waals surface area contributed by atoms with E-state index < -0.39 is 24.1 Å². The molecule has 7 nitrogen and oxygen atoms in total. The van der Waals surface area contributed by atoms with Crippen molar-refractivity contribution in [3.63, 3.8) is 0 Å². The Balaban J connectivity index is 2.14. The number of halogens is 3. The van der Waals surface area contributed by atoms with Gasteiger partial charge in [-0.25, -0.2) is 15.0 Å². The fourth-order valence-corrected chi connectivity index (χ4v) is 2.64. The van der Waals surface area contributed by atoms with Crippen LogP contribution in [-0.2, 0) is 11.5 Å². The Morgan fingerprint density at radius 2 is 2.14 bits per heavy atom. The number of aromatic nitrogens is 4. The molecule has 0 aliphatic carbocycles. The van der Waals surface area contributed by atoms with Gasteiger partial charge in [0.2, 0.25) is 0 Å². The number of aliphatic hydroxyl groups is 1. The van der Waals surface area contributed by atoms with Gasteiger partial charge >= 0.3 is 6.18 Å². The minimum atomic E-state index is -4.48. The summed E-state index contributed by atoms with van der Waals surface area (Å²) >= 11 is 0.572. The number of fused-ring (bicyclic) bond motifs is 1. The molecule has 0 aliphatic heterocycles. The van der Waals surface area contributed by atoms with Crippen molar-refractivity contribution >= 4 is 28.7 Å². The number of hydrogen-bond acceptors (Lipinski definition) is 7. The highest BCUT2D eigenvalue weighted by atomic mass is 32.2. The number of alkyl halides is 3. The average molecular weight is 337 g/mol. The van der Waals surface area contributed by atoms with Crippen LogP contribution >= 0.6 is 11.8 Å². The molecule has 2 unspecified atom stereocenters. The van der Waals surface area contributed by atoms with Crippen molar-refractivity contribution in [2.45, 2.75) is 24.3 Å². The van der Waals surface area contributed by atoms with Crippen molar-refractivity contribution in [2.75, 3.05) is 18.6 Å². The van der Waals surface area contributed by atoms with Gasteiger partial charge in [-0.1, -0.05) is 0 Å². The van der Waals surface area contributed by atoms with E-state index in [4.69, 9.17) is 15.6 Å². The largest absolute Gasteiger partial charge is 0.403 e. The molecule has 0 aromatic carbocycles. The van der Waals surface area contributed by atoms with Crippen LogP contribution in [0.15, 0.2) is 12.7 Å². The smallest absolute Gasteiger partial charge is 0.394 e. The normalized spacial score (nSPS) is 15.1. The molecule has 0 aliphatic rings. The Morgan fingerprint density at radius 3 is 2.73 bits per heavy atom. The molecule has 122 valence electrons. The third-order valence-corrected chi connectivity index (χ3v) is 4.03. The maximum absolute atomic E-state index is 12.9. The molecule has 2 aromatic heterocycles. The number of nitrogens with two attached hydrogens (primary N) is 1. The molecule has 0 saturated heterocycles. The van der Waals surface area contributed by atoms with Gasteiger partial charge in [-0.15, -0.1) is 11.8 Å². The van der Waals surface area contributed by atoms with Gasteiger partial charge in [-0.2, -0.15) is 13.2 Å². The number of nitrogens with zero attached hydrogens (tertiary/aromatic N) is 4. The highest BCUT2D eigenvalue weighted by molar-refractivity contribution is 7.99. The molecule has 2 aromatic rings. The summed E-state index contributed by atoms with van der Waals surface area (Å²) in [6, 6.07) is 0. The maximum atomic E-state index is 12.9. The first-order valence-electron chi connectivity index (χ1n) is 6.11. The summed E-state index contributed by atoms with van der Waals surface area (Å²) in [5.74, 6) is 0.166. The van der Waals surface area contributed by atoms with Gasteiger partial charge in [0.15, 0.2) is 11.5 Å². The summed E-state index contributed by atoms with van der Waals surface area (Å²) in [5.41, 5.74) is 6.30. The van der Waals surface area contributed by atoms with Crippen LogP contribution in [0.1, 0.15) is 0 Å². The van der Waals surface area contributed by atoms with Crippen LogP contribution in [0.5, 0.6) is 0 Å². The standard InChI is InChI=1S/C11H14F3N5O2S/c1-22-8(11(12,13)14)6(2-20)21-5-19-4-18-7-9(15)16-3-17-10(7)19/h3-4,6,8,20H,2,5H2,1H3,(H2,15,16,17). The fourth-order valence-electron chi connectivity index (χ4n) is 1.90. The number of nitrogen functional groups attached to an aromatic ring is 1. The molecule has 0 amide bonds. The summed E-state index contributed by atoms with van der Waals surface area (Å²) < 4.78 is 45.2. The number of thioether (sulfide) groups is 1. The molecule has 22 heavy (non-hydrogen) atoms. The van der Waals surface area contributed by atoms with E-state index >= 15 is 0 Å². The summed E-state index contributed by atoms with van der Waals surface area (Å²) in [7, 11) is 0. The lowest BCUT2D eigenvalue weighted by atomic mass is 10.2. The van der Waals surface area contributed by atoms with Crippen molar-refractivity contribution < 1.29 is 23.0 Å². The second-order valence-electron chi connectivity index (χ2n) is 4.36. The second-order valence-corrected chi connectivity index (χ2v) is 5.34. The van der Waals surface area contributed by atoms with Gasteiger partial charge in [-0.05, 0) is 6.26 Å². The summed E-state index contributed by atoms with van der Waals surface area (Å²) in [6.45, 7) is -1.000. The molecule has 11 heteroatoms.